The Bertz CT molecular complexity index is 1020. The average molecular weight is 354 g/mol. The standard InChI is InChI=1S/C25H22O2/c1-17-22-13-6-7-14-23(22)25(24(17)18(2)26)20-11-8-12-21(15-20)27-16-19-9-4-3-5-10-19/h3-15,25H,16H2,1-2H3. The molecule has 0 saturated carbocycles. The highest BCUT2D eigenvalue weighted by Crippen LogP contribution is 2.46. The van der Waals surface area contributed by atoms with Gasteiger partial charge in [-0.2, -0.15) is 0 Å². The van der Waals surface area contributed by atoms with Gasteiger partial charge < -0.3 is 4.74 Å². The molecule has 0 spiro atoms. The minimum Gasteiger partial charge on any atom is -0.489 e. The fourth-order valence-electron chi connectivity index (χ4n) is 3.95. The summed E-state index contributed by atoms with van der Waals surface area (Å²) >= 11 is 0. The molecule has 0 fully saturated rings. The highest BCUT2D eigenvalue weighted by atomic mass is 16.5. The minimum atomic E-state index is -0.0287. The number of carbonyl (C=O) groups excluding carboxylic acids is 1. The van der Waals surface area contributed by atoms with E-state index in [4.69, 9.17) is 4.74 Å². The molecule has 1 atom stereocenters. The maximum Gasteiger partial charge on any atom is 0.157 e. The van der Waals surface area contributed by atoms with E-state index in [1.807, 2.05) is 49.4 Å². The van der Waals surface area contributed by atoms with Gasteiger partial charge in [-0.15, -0.1) is 0 Å². The summed E-state index contributed by atoms with van der Waals surface area (Å²) in [6, 6.07) is 26.5. The normalized spacial score (nSPS) is 15.6. The molecule has 4 rings (SSSR count). The summed E-state index contributed by atoms with van der Waals surface area (Å²) in [7, 11) is 0. The Morgan fingerprint density at radius 1 is 0.926 bits per heavy atom. The molecule has 0 heterocycles. The number of hydrogen-bond donors (Lipinski definition) is 0. The van der Waals surface area contributed by atoms with Crippen LogP contribution in [0.25, 0.3) is 5.57 Å². The van der Waals surface area contributed by atoms with Gasteiger partial charge in [0.1, 0.15) is 12.4 Å². The molecular weight excluding hydrogens is 332 g/mol. The molecule has 0 saturated heterocycles. The monoisotopic (exact) mass is 354 g/mol. The third-order valence-electron chi connectivity index (χ3n) is 5.19. The van der Waals surface area contributed by atoms with Crippen molar-refractivity contribution in [1.82, 2.24) is 0 Å². The van der Waals surface area contributed by atoms with E-state index in [2.05, 4.69) is 36.4 Å². The van der Waals surface area contributed by atoms with Gasteiger partial charge >= 0.3 is 0 Å². The van der Waals surface area contributed by atoms with Crippen molar-refractivity contribution in [3.63, 3.8) is 0 Å². The second-order valence-electron chi connectivity index (χ2n) is 6.96. The molecule has 0 amide bonds. The van der Waals surface area contributed by atoms with Gasteiger partial charge in [0.05, 0.1) is 0 Å². The van der Waals surface area contributed by atoms with Crippen molar-refractivity contribution in [1.29, 1.82) is 0 Å². The molecule has 27 heavy (non-hydrogen) atoms. The summed E-state index contributed by atoms with van der Waals surface area (Å²) in [5.41, 5.74) is 6.56. The predicted octanol–water partition coefficient (Wildman–Crippen LogP) is 5.77. The highest BCUT2D eigenvalue weighted by Gasteiger charge is 2.32. The molecule has 1 unspecified atom stereocenters. The smallest absolute Gasteiger partial charge is 0.157 e. The minimum absolute atomic E-state index is 0.0287. The molecule has 3 aromatic carbocycles. The zero-order valence-electron chi connectivity index (χ0n) is 15.6. The van der Waals surface area contributed by atoms with Crippen LogP contribution in [-0.2, 0) is 11.4 Å². The average Bonchev–Trinajstić information content (AvgIpc) is 3.00. The fraction of sp³-hybridized carbons (Fsp3) is 0.160. The number of benzene rings is 3. The van der Waals surface area contributed by atoms with Gasteiger partial charge in [-0.05, 0) is 53.8 Å². The Morgan fingerprint density at radius 2 is 1.67 bits per heavy atom. The first-order valence-corrected chi connectivity index (χ1v) is 9.23. The van der Waals surface area contributed by atoms with Gasteiger partial charge in [0.25, 0.3) is 0 Å². The predicted molar refractivity (Wildman–Crippen MR) is 109 cm³/mol. The quantitative estimate of drug-likeness (QED) is 0.581. The number of hydrogen-bond acceptors (Lipinski definition) is 2. The van der Waals surface area contributed by atoms with Gasteiger partial charge in [-0.25, -0.2) is 0 Å². The molecule has 3 aromatic rings. The van der Waals surface area contributed by atoms with Crippen LogP contribution < -0.4 is 4.74 Å². The van der Waals surface area contributed by atoms with Crippen molar-refractivity contribution < 1.29 is 9.53 Å². The van der Waals surface area contributed by atoms with Crippen molar-refractivity contribution in [2.24, 2.45) is 0 Å². The molecule has 1 aliphatic carbocycles. The first-order valence-electron chi connectivity index (χ1n) is 9.23. The van der Waals surface area contributed by atoms with E-state index in [-0.39, 0.29) is 11.7 Å². The molecule has 1 aliphatic rings. The zero-order valence-corrected chi connectivity index (χ0v) is 15.6. The first kappa shape index (κ1) is 17.3. The highest BCUT2D eigenvalue weighted by molar-refractivity contribution is 6.06. The molecule has 134 valence electrons. The van der Waals surface area contributed by atoms with Crippen LogP contribution in [0.5, 0.6) is 5.75 Å². The van der Waals surface area contributed by atoms with Crippen LogP contribution in [0.4, 0.5) is 0 Å². The van der Waals surface area contributed by atoms with Gasteiger partial charge in [-0.1, -0.05) is 66.7 Å². The lowest BCUT2D eigenvalue weighted by molar-refractivity contribution is -0.113. The van der Waals surface area contributed by atoms with Crippen LogP contribution >= 0.6 is 0 Å². The van der Waals surface area contributed by atoms with Gasteiger partial charge in [0.2, 0.25) is 0 Å². The summed E-state index contributed by atoms with van der Waals surface area (Å²) in [6.07, 6.45) is 0. The lowest BCUT2D eigenvalue weighted by Crippen LogP contribution is -2.08. The maximum absolute atomic E-state index is 12.4. The summed E-state index contributed by atoms with van der Waals surface area (Å²) < 4.78 is 6.00. The van der Waals surface area contributed by atoms with Gasteiger partial charge in [0.15, 0.2) is 5.78 Å². The Labute approximate surface area is 160 Å². The molecule has 0 aromatic heterocycles. The van der Waals surface area contributed by atoms with Crippen LogP contribution in [0.15, 0.2) is 84.4 Å². The number of ketones is 1. The number of allylic oxidation sites excluding steroid dienone is 2. The number of carbonyl (C=O) groups is 1. The van der Waals surface area contributed by atoms with Gasteiger partial charge in [-0.3, -0.25) is 4.79 Å². The summed E-state index contributed by atoms with van der Waals surface area (Å²) in [5, 5.41) is 0. The van der Waals surface area contributed by atoms with Crippen molar-refractivity contribution in [2.75, 3.05) is 0 Å². The van der Waals surface area contributed by atoms with Crippen LogP contribution in [0.1, 0.15) is 42.0 Å². The van der Waals surface area contributed by atoms with E-state index in [1.165, 1.54) is 11.1 Å². The zero-order chi connectivity index (χ0) is 18.8. The second-order valence-corrected chi connectivity index (χ2v) is 6.96. The van der Waals surface area contributed by atoms with E-state index in [0.29, 0.717) is 6.61 Å². The van der Waals surface area contributed by atoms with E-state index in [9.17, 15) is 4.79 Å². The molecule has 0 bridgehead atoms. The van der Waals surface area contributed by atoms with Crippen LogP contribution in [-0.4, -0.2) is 5.78 Å². The molecule has 2 nitrogen and oxygen atoms in total. The fourth-order valence-corrected chi connectivity index (χ4v) is 3.95. The maximum atomic E-state index is 12.4. The lowest BCUT2D eigenvalue weighted by atomic mass is 9.86. The Kier molecular flexibility index (Phi) is 4.64. The number of Topliss-reactive ketones (excluding diaryl/α,β-unsaturated/α-hetero) is 1. The van der Waals surface area contributed by atoms with Gasteiger partial charge in [0, 0.05) is 11.5 Å². The molecule has 0 radical (unpaired) electrons. The SMILES string of the molecule is CC(=O)C1=C(C)c2ccccc2C1c1cccc(OCc2ccccc2)c1. The summed E-state index contributed by atoms with van der Waals surface area (Å²) in [4.78, 5) is 12.4. The molecule has 0 aliphatic heterocycles. The van der Waals surface area contributed by atoms with Crippen molar-refractivity contribution in [2.45, 2.75) is 26.4 Å². The van der Waals surface area contributed by atoms with Crippen LogP contribution in [0.2, 0.25) is 0 Å². The van der Waals surface area contributed by atoms with E-state index >= 15 is 0 Å². The second kappa shape index (κ2) is 7.24. The third-order valence-corrected chi connectivity index (χ3v) is 5.19. The molecule has 0 N–H and O–H groups in total. The summed E-state index contributed by atoms with van der Waals surface area (Å²) in [5.74, 6) is 0.921. The number of ether oxygens (including phenoxy) is 1. The number of fused-ring (bicyclic) bond motifs is 1. The summed E-state index contributed by atoms with van der Waals surface area (Å²) in [6.45, 7) is 4.23. The lowest BCUT2D eigenvalue weighted by Gasteiger charge is -2.17. The van der Waals surface area contributed by atoms with Crippen LogP contribution in [0, 0.1) is 0 Å². The Morgan fingerprint density at radius 3 is 2.44 bits per heavy atom. The van der Waals surface area contributed by atoms with Crippen molar-refractivity contribution >= 4 is 11.4 Å². The van der Waals surface area contributed by atoms with E-state index in [0.717, 1.165) is 28.0 Å². The molecule has 2 heteroatoms. The van der Waals surface area contributed by atoms with Crippen molar-refractivity contribution in [3.8, 4) is 5.75 Å². The first-order chi connectivity index (χ1) is 13.1. The molecular formula is C25H22O2. The van der Waals surface area contributed by atoms with E-state index in [1.54, 1.807) is 6.92 Å². The van der Waals surface area contributed by atoms with Crippen molar-refractivity contribution in [3.05, 3.63) is 107 Å². The number of rotatable bonds is 5. The Hall–Kier alpha value is -3.13. The topological polar surface area (TPSA) is 26.3 Å². The largest absolute Gasteiger partial charge is 0.489 e. The third kappa shape index (κ3) is 3.31. The van der Waals surface area contributed by atoms with Crippen LogP contribution in [0.3, 0.4) is 0 Å². The Balaban J connectivity index is 1.67. The van der Waals surface area contributed by atoms with E-state index < -0.39 is 0 Å².